The molecule has 10 heavy (non-hydrogen) atoms. The van der Waals surface area contributed by atoms with Crippen molar-refractivity contribution in [3.63, 3.8) is 0 Å². The smallest absolute Gasteiger partial charge is 0.320 e. The van der Waals surface area contributed by atoms with Crippen LogP contribution in [-0.2, 0) is 4.79 Å². The van der Waals surface area contributed by atoms with Crippen LogP contribution in [0.5, 0.6) is 0 Å². The van der Waals surface area contributed by atoms with Crippen LogP contribution in [0, 0.1) is 11.8 Å². The molecular weight excluding hydrogens is 130 g/mol. The standard InChI is InChI=1S/C7H11NO2/c9-7(10)6-5-3-4(5)1-2-8-6/h4-6,8H,1-3H2,(H,9,10)/t4-,5+,6+/m1/s1. The zero-order valence-electron chi connectivity index (χ0n) is 5.71. The van der Waals surface area contributed by atoms with E-state index in [-0.39, 0.29) is 6.04 Å². The molecule has 2 N–H and O–H groups in total. The van der Waals surface area contributed by atoms with Crippen LogP contribution in [0.25, 0.3) is 0 Å². The third-order valence-corrected chi connectivity index (χ3v) is 2.55. The van der Waals surface area contributed by atoms with Crippen LogP contribution in [-0.4, -0.2) is 23.7 Å². The highest BCUT2D eigenvalue weighted by Gasteiger charge is 2.48. The summed E-state index contributed by atoms with van der Waals surface area (Å²) in [6.45, 7) is 0.887. The van der Waals surface area contributed by atoms with Crippen LogP contribution in [0.2, 0.25) is 0 Å². The molecule has 3 heteroatoms. The van der Waals surface area contributed by atoms with Gasteiger partial charge in [0, 0.05) is 0 Å². The van der Waals surface area contributed by atoms with Gasteiger partial charge in [-0.05, 0) is 31.2 Å². The van der Waals surface area contributed by atoms with Crippen molar-refractivity contribution in [3.8, 4) is 0 Å². The predicted molar refractivity (Wildman–Crippen MR) is 35.6 cm³/mol. The summed E-state index contributed by atoms with van der Waals surface area (Å²) in [5.41, 5.74) is 0. The normalized spacial score (nSPS) is 44.2. The lowest BCUT2D eigenvalue weighted by atomic mass is 10.1. The molecule has 2 rings (SSSR count). The van der Waals surface area contributed by atoms with E-state index in [9.17, 15) is 4.79 Å². The highest BCUT2D eigenvalue weighted by molar-refractivity contribution is 5.74. The van der Waals surface area contributed by atoms with Crippen LogP contribution in [0.1, 0.15) is 12.8 Å². The fraction of sp³-hybridized carbons (Fsp3) is 0.857. The van der Waals surface area contributed by atoms with Crippen LogP contribution < -0.4 is 5.32 Å². The molecule has 0 aromatic heterocycles. The highest BCUT2D eigenvalue weighted by atomic mass is 16.4. The van der Waals surface area contributed by atoms with Gasteiger partial charge in [0.2, 0.25) is 0 Å². The van der Waals surface area contributed by atoms with Gasteiger partial charge in [0.25, 0.3) is 0 Å². The van der Waals surface area contributed by atoms with Gasteiger partial charge in [0.15, 0.2) is 0 Å². The number of fused-ring (bicyclic) bond motifs is 1. The average Bonchev–Trinajstić information content (AvgIpc) is 2.63. The third kappa shape index (κ3) is 0.814. The van der Waals surface area contributed by atoms with E-state index in [1.807, 2.05) is 0 Å². The summed E-state index contributed by atoms with van der Waals surface area (Å²) in [4.78, 5) is 10.5. The lowest BCUT2D eigenvalue weighted by molar-refractivity contribution is -0.140. The van der Waals surface area contributed by atoms with Crippen molar-refractivity contribution in [1.82, 2.24) is 5.32 Å². The maximum absolute atomic E-state index is 10.5. The summed E-state index contributed by atoms with van der Waals surface area (Å²) in [5.74, 6) is 0.501. The molecule has 2 aliphatic rings. The maximum atomic E-state index is 10.5. The van der Waals surface area contributed by atoms with Crippen LogP contribution in [0.3, 0.4) is 0 Å². The SMILES string of the molecule is O=C(O)[C@H]1NCC[C@@H]2C[C@@H]21. The van der Waals surface area contributed by atoms with Crippen molar-refractivity contribution >= 4 is 5.97 Å². The summed E-state index contributed by atoms with van der Waals surface area (Å²) in [6.07, 6.45) is 2.30. The second-order valence-electron chi connectivity index (χ2n) is 3.22. The van der Waals surface area contributed by atoms with Crippen molar-refractivity contribution in [1.29, 1.82) is 0 Å². The topological polar surface area (TPSA) is 49.3 Å². The van der Waals surface area contributed by atoms with E-state index < -0.39 is 5.97 Å². The van der Waals surface area contributed by atoms with E-state index >= 15 is 0 Å². The first kappa shape index (κ1) is 6.16. The molecule has 0 aromatic rings. The second-order valence-corrected chi connectivity index (χ2v) is 3.22. The van der Waals surface area contributed by atoms with Crippen molar-refractivity contribution in [2.45, 2.75) is 18.9 Å². The first-order chi connectivity index (χ1) is 4.79. The number of rotatable bonds is 1. The molecule has 1 heterocycles. The molecule has 1 saturated heterocycles. The number of nitrogens with one attached hydrogen (secondary N) is 1. The number of carboxylic acids is 1. The van der Waals surface area contributed by atoms with Gasteiger partial charge in [-0.25, -0.2) is 0 Å². The summed E-state index contributed by atoms with van der Waals surface area (Å²) < 4.78 is 0. The number of piperidine rings is 1. The molecule has 1 aliphatic heterocycles. The Balaban J connectivity index is 2.02. The molecule has 3 atom stereocenters. The van der Waals surface area contributed by atoms with Crippen LogP contribution in [0.4, 0.5) is 0 Å². The Kier molecular flexibility index (Phi) is 1.20. The van der Waals surface area contributed by atoms with Gasteiger partial charge in [-0.15, -0.1) is 0 Å². The number of hydrogen-bond acceptors (Lipinski definition) is 2. The molecule has 0 bridgehead atoms. The molecule has 0 aromatic carbocycles. The van der Waals surface area contributed by atoms with Gasteiger partial charge >= 0.3 is 5.97 Å². The van der Waals surface area contributed by atoms with E-state index in [0.29, 0.717) is 5.92 Å². The third-order valence-electron chi connectivity index (χ3n) is 2.55. The predicted octanol–water partition coefficient (Wildman–Crippen LogP) is 0.0690. The fourth-order valence-corrected chi connectivity index (χ4v) is 1.86. The molecule has 0 amide bonds. The van der Waals surface area contributed by atoms with Gasteiger partial charge in [0.1, 0.15) is 6.04 Å². The summed E-state index contributed by atoms with van der Waals surface area (Å²) >= 11 is 0. The minimum atomic E-state index is -0.674. The van der Waals surface area contributed by atoms with Crippen LogP contribution in [0.15, 0.2) is 0 Å². The Bertz CT molecular complexity index is 169. The Hall–Kier alpha value is -0.570. The Morgan fingerprint density at radius 2 is 2.40 bits per heavy atom. The minimum Gasteiger partial charge on any atom is -0.480 e. The summed E-state index contributed by atoms with van der Waals surface area (Å²) in [6, 6.07) is -0.237. The lowest BCUT2D eigenvalue weighted by Gasteiger charge is -2.18. The van der Waals surface area contributed by atoms with Crippen LogP contribution >= 0.6 is 0 Å². The lowest BCUT2D eigenvalue weighted by Crippen LogP contribution is -2.42. The van der Waals surface area contributed by atoms with E-state index in [4.69, 9.17) is 5.11 Å². The van der Waals surface area contributed by atoms with E-state index in [1.165, 1.54) is 6.42 Å². The van der Waals surface area contributed by atoms with Gasteiger partial charge in [-0.1, -0.05) is 0 Å². The fourth-order valence-electron chi connectivity index (χ4n) is 1.86. The molecule has 0 spiro atoms. The van der Waals surface area contributed by atoms with E-state index in [0.717, 1.165) is 18.9 Å². The van der Waals surface area contributed by atoms with E-state index in [2.05, 4.69) is 5.32 Å². The van der Waals surface area contributed by atoms with E-state index in [1.54, 1.807) is 0 Å². The van der Waals surface area contributed by atoms with Crippen molar-refractivity contribution < 1.29 is 9.90 Å². The second kappa shape index (κ2) is 1.95. The highest BCUT2D eigenvalue weighted by Crippen LogP contribution is 2.45. The number of aliphatic carboxylic acids is 1. The van der Waals surface area contributed by atoms with Gasteiger partial charge in [-0.2, -0.15) is 0 Å². The molecule has 1 saturated carbocycles. The molecule has 0 unspecified atom stereocenters. The average molecular weight is 141 g/mol. The molecule has 2 fully saturated rings. The first-order valence-electron chi connectivity index (χ1n) is 3.75. The Morgan fingerprint density at radius 3 is 3.00 bits per heavy atom. The minimum absolute atomic E-state index is 0.237. The number of carbonyl (C=O) groups is 1. The summed E-state index contributed by atoms with van der Waals surface area (Å²) in [7, 11) is 0. The molecule has 1 aliphatic carbocycles. The molecule has 56 valence electrons. The summed E-state index contributed by atoms with van der Waals surface area (Å²) in [5, 5.41) is 11.7. The van der Waals surface area contributed by atoms with Crippen molar-refractivity contribution in [3.05, 3.63) is 0 Å². The molecular formula is C7H11NO2. The zero-order chi connectivity index (χ0) is 7.14. The van der Waals surface area contributed by atoms with Gasteiger partial charge in [0.05, 0.1) is 0 Å². The quantitative estimate of drug-likeness (QED) is 0.543. The maximum Gasteiger partial charge on any atom is 0.320 e. The Labute approximate surface area is 59.4 Å². The monoisotopic (exact) mass is 141 g/mol. The van der Waals surface area contributed by atoms with Crippen molar-refractivity contribution in [2.75, 3.05) is 6.54 Å². The number of hydrogen-bond donors (Lipinski definition) is 2. The van der Waals surface area contributed by atoms with Gasteiger partial charge < -0.3 is 10.4 Å². The molecule has 0 radical (unpaired) electrons. The molecule has 3 nitrogen and oxygen atoms in total. The van der Waals surface area contributed by atoms with Crippen molar-refractivity contribution in [2.24, 2.45) is 11.8 Å². The first-order valence-corrected chi connectivity index (χ1v) is 3.75. The largest absolute Gasteiger partial charge is 0.480 e. The van der Waals surface area contributed by atoms with Gasteiger partial charge in [-0.3, -0.25) is 4.79 Å². The Morgan fingerprint density at radius 1 is 1.60 bits per heavy atom. The zero-order valence-corrected chi connectivity index (χ0v) is 5.71. The number of carboxylic acid groups (broad SMARTS) is 1.